The first-order chi connectivity index (χ1) is 12.9. The van der Waals surface area contributed by atoms with E-state index in [4.69, 9.17) is 5.11 Å². The number of carboxylic acids is 1. The zero-order valence-electron chi connectivity index (χ0n) is 15.3. The van der Waals surface area contributed by atoms with Gasteiger partial charge in [0.1, 0.15) is 0 Å². The predicted molar refractivity (Wildman–Crippen MR) is 107 cm³/mol. The summed E-state index contributed by atoms with van der Waals surface area (Å²) in [6.45, 7) is 0. The van der Waals surface area contributed by atoms with E-state index in [0.29, 0.717) is 28.3 Å². The van der Waals surface area contributed by atoms with Crippen molar-refractivity contribution in [2.45, 2.75) is 12.2 Å². The van der Waals surface area contributed by atoms with E-state index in [-0.39, 0.29) is 18.2 Å². The number of aliphatic carboxylic acids is 1. The molecular weight excluding hydrogens is 364 g/mol. The molecular formula is C20H22N2O4S. The smallest absolute Gasteiger partial charge is 0.304 e. The van der Waals surface area contributed by atoms with E-state index in [2.05, 4.69) is 5.32 Å². The van der Waals surface area contributed by atoms with Crippen LogP contribution in [0.1, 0.15) is 32.7 Å². The monoisotopic (exact) mass is 386 g/mol. The maximum atomic E-state index is 12.4. The minimum atomic E-state index is -0.804. The Balaban J connectivity index is 1.96. The van der Waals surface area contributed by atoms with Gasteiger partial charge in [-0.1, -0.05) is 12.1 Å². The SMILES string of the molecule is CN(C)C(=O)c1ccc(C(=O)Nc2cccc(CSCCC(=O)O)c2)cc1. The molecule has 6 nitrogen and oxygen atoms in total. The molecule has 142 valence electrons. The lowest BCUT2D eigenvalue weighted by Gasteiger charge is -2.11. The van der Waals surface area contributed by atoms with Gasteiger partial charge in [0.2, 0.25) is 0 Å². The van der Waals surface area contributed by atoms with Crippen LogP contribution in [0.2, 0.25) is 0 Å². The molecule has 2 N–H and O–H groups in total. The quantitative estimate of drug-likeness (QED) is 0.680. The van der Waals surface area contributed by atoms with Crippen LogP contribution in [0.5, 0.6) is 0 Å². The van der Waals surface area contributed by atoms with Crippen LogP contribution in [0.25, 0.3) is 0 Å². The van der Waals surface area contributed by atoms with Crippen molar-refractivity contribution in [3.05, 3.63) is 65.2 Å². The molecule has 0 bridgehead atoms. The molecule has 0 aromatic heterocycles. The van der Waals surface area contributed by atoms with Gasteiger partial charge < -0.3 is 15.3 Å². The molecule has 0 atom stereocenters. The summed E-state index contributed by atoms with van der Waals surface area (Å²) >= 11 is 1.54. The average molecular weight is 386 g/mol. The van der Waals surface area contributed by atoms with Gasteiger partial charge in [-0.3, -0.25) is 14.4 Å². The second-order valence-electron chi connectivity index (χ2n) is 6.13. The van der Waals surface area contributed by atoms with E-state index in [1.807, 2.05) is 18.2 Å². The second kappa shape index (κ2) is 9.78. The van der Waals surface area contributed by atoms with E-state index >= 15 is 0 Å². The lowest BCUT2D eigenvalue weighted by molar-refractivity contribution is -0.136. The van der Waals surface area contributed by atoms with Gasteiger partial charge >= 0.3 is 5.97 Å². The number of hydrogen-bond donors (Lipinski definition) is 2. The van der Waals surface area contributed by atoms with E-state index in [0.717, 1.165) is 5.56 Å². The Kier molecular flexibility index (Phi) is 7.43. The molecule has 0 fully saturated rings. The Morgan fingerprint density at radius 2 is 1.70 bits per heavy atom. The lowest BCUT2D eigenvalue weighted by Crippen LogP contribution is -2.21. The van der Waals surface area contributed by atoms with Crippen LogP contribution in [-0.4, -0.2) is 47.6 Å². The number of thioether (sulfide) groups is 1. The van der Waals surface area contributed by atoms with Gasteiger partial charge in [-0.15, -0.1) is 0 Å². The third-order valence-corrected chi connectivity index (χ3v) is 4.74. The van der Waals surface area contributed by atoms with Crippen molar-refractivity contribution < 1.29 is 19.5 Å². The van der Waals surface area contributed by atoms with E-state index < -0.39 is 5.97 Å². The summed E-state index contributed by atoms with van der Waals surface area (Å²) in [7, 11) is 3.35. The highest BCUT2D eigenvalue weighted by Crippen LogP contribution is 2.18. The number of carbonyl (C=O) groups excluding carboxylic acids is 2. The van der Waals surface area contributed by atoms with Crippen LogP contribution >= 0.6 is 11.8 Å². The normalized spacial score (nSPS) is 10.3. The molecule has 0 unspecified atom stereocenters. The zero-order valence-corrected chi connectivity index (χ0v) is 16.1. The number of carboxylic acid groups (broad SMARTS) is 1. The highest BCUT2D eigenvalue weighted by molar-refractivity contribution is 7.98. The molecule has 7 heteroatoms. The molecule has 0 saturated carbocycles. The fourth-order valence-electron chi connectivity index (χ4n) is 2.31. The largest absolute Gasteiger partial charge is 0.481 e. The number of anilines is 1. The zero-order chi connectivity index (χ0) is 19.8. The number of amides is 2. The van der Waals surface area contributed by atoms with Crippen molar-refractivity contribution in [2.24, 2.45) is 0 Å². The fraction of sp³-hybridized carbons (Fsp3) is 0.250. The minimum Gasteiger partial charge on any atom is -0.481 e. The summed E-state index contributed by atoms with van der Waals surface area (Å²) < 4.78 is 0. The van der Waals surface area contributed by atoms with Gasteiger partial charge in [-0.05, 0) is 42.0 Å². The standard InChI is InChI=1S/C20H22N2O4S/c1-22(2)20(26)16-8-6-15(7-9-16)19(25)21-17-5-3-4-14(12-17)13-27-11-10-18(23)24/h3-9,12H,10-11,13H2,1-2H3,(H,21,25)(H,23,24). The van der Waals surface area contributed by atoms with Crippen molar-refractivity contribution in [2.75, 3.05) is 25.2 Å². The Labute approximate surface area is 162 Å². The maximum absolute atomic E-state index is 12.4. The van der Waals surface area contributed by atoms with Gasteiger partial charge in [0.15, 0.2) is 0 Å². The van der Waals surface area contributed by atoms with E-state index in [9.17, 15) is 14.4 Å². The Morgan fingerprint density at radius 3 is 2.33 bits per heavy atom. The van der Waals surface area contributed by atoms with E-state index in [1.54, 1.807) is 44.4 Å². The van der Waals surface area contributed by atoms with Gasteiger partial charge in [0.25, 0.3) is 11.8 Å². The number of rotatable bonds is 8. The first-order valence-electron chi connectivity index (χ1n) is 8.38. The molecule has 2 amide bonds. The van der Waals surface area contributed by atoms with Crippen LogP contribution in [-0.2, 0) is 10.5 Å². The van der Waals surface area contributed by atoms with Crippen molar-refractivity contribution in [3.63, 3.8) is 0 Å². The van der Waals surface area contributed by atoms with Crippen LogP contribution < -0.4 is 5.32 Å². The summed E-state index contributed by atoms with van der Waals surface area (Å²) in [5.41, 5.74) is 2.67. The van der Waals surface area contributed by atoms with Crippen molar-refractivity contribution in [3.8, 4) is 0 Å². The summed E-state index contributed by atoms with van der Waals surface area (Å²) in [6, 6.07) is 14.0. The number of benzene rings is 2. The topological polar surface area (TPSA) is 86.7 Å². The van der Waals surface area contributed by atoms with Gasteiger partial charge in [-0.2, -0.15) is 11.8 Å². The van der Waals surface area contributed by atoms with Crippen LogP contribution in [0, 0.1) is 0 Å². The molecule has 0 aliphatic carbocycles. The van der Waals surface area contributed by atoms with Crippen molar-refractivity contribution in [1.82, 2.24) is 4.90 Å². The molecule has 0 spiro atoms. The summed E-state index contributed by atoms with van der Waals surface area (Å²) in [6.07, 6.45) is 0.132. The molecule has 0 radical (unpaired) electrons. The Morgan fingerprint density at radius 1 is 1.04 bits per heavy atom. The maximum Gasteiger partial charge on any atom is 0.304 e. The van der Waals surface area contributed by atoms with Gasteiger partial charge in [0.05, 0.1) is 6.42 Å². The number of nitrogens with one attached hydrogen (secondary N) is 1. The minimum absolute atomic E-state index is 0.116. The number of nitrogens with zero attached hydrogens (tertiary/aromatic N) is 1. The van der Waals surface area contributed by atoms with Crippen LogP contribution in [0.15, 0.2) is 48.5 Å². The summed E-state index contributed by atoms with van der Waals surface area (Å²) in [5, 5.41) is 11.5. The molecule has 2 aromatic rings. The Bertz CT molecular complexity index is 819. The highest BCUT2D eigenvalue weighted by atomic mass is 32.2. The Hall–Kier alpha value is -2.80. The second-order valence-corrected chi connectivity index (χ2v) is 7.23. The molecule has 0 heterocycles. The highest BCUT2D eigenvalue weighted by Gasteiger charge is 2.10. The fourth-order valence-corrected chi connectivity index (χ4v) is 3.19. The first kappa shape index (κ1) is 20.5. The number of hydrogen-bond acceptors (Lipinski definition) is 4. The van der Waals surface area contributed by atoms with Gasteiger partial charge in [-0.25, -0.2) is 0 Å². The summed E-state index contributed by atoms with van der Waals surface area (Å²) in [5.74, 6) is 0.0499. The molecule has 0 saturated heterocycles. The van der Waals surface area contributed by atoms with Crippen molar-refractivity contribution >= 4 is 35.2 Å². The number of carbonyl (C=O) groups is 3. The first-order valence-corrected chi connectivity index (χ1v) is 9.54. The van der Waals surface area contributed by atoms with Crippen LogP contribution in [0.3, 0.4) is 0 Å². The van der Waals surface area contributed by atoms with E-state index in [1.165, 1.54) is 16.7 Å². The van der Waals surface area contributed by atoms with Crippen molar-refractivity contribution in [1.29, 1.82) is 0 Å². The third kappa shape index (κ3) is 6.45. The lowest BCUT2D eigenvalue weighted by atomic mass is 10.1. The molecule has 2 aromatic carbocycles. The van der Waals surface area contributed by atoms with Crippen LogP contribution in [0.4, 0.5) is 5.69 Å². The third-order valence-electron chi connectivity index (χ3n) is 3.71. The molecule has 2 rings (SSSR count). The summed E-state index contributed by atoms with van der Waals surface area (Å²) in [4.78, 5) is 36.3. The molecule has 0 aliphatic rings. The van der Waals surface area contributed by atoms with Gasteiger partial charge in [0, 0.05) is 42.4 Å². The molecule has 27 heavy (non-hydrogen) atoms. The molecule has 0 aliphatic heterocycles. The average Bonchev–Trinajstić information content (AvgIpc) is 2.65. The predicted octanol–water partition coefficient (Wildman–Crippen LogP) is 3.35.